The number of rotatable bonds is 4. The molecular formula is C12H12N2O4S. The summed E-state index contributed by atoms with van der Waals surface area (Å²) in [5.41, 5.74) is 1.05. The first-order valence-electron chi connectivity index (χ1n) is 5.41. The first kappa shape index (κ1) is 13.3. The highest BCUT2D eigenvalue weighted by molar-refractivity contribution is 7.90. The lowest BCUT2D eigenvalue weighted by Gasteiger charge is -2.02. The molecule has 1 heterocycles. The highest BCUT2D eigenvalue weighted by atomic mass is 32.2. The standard InChI is InChI=1S/C12H12N2O4S/c1-19(17,18)11-6-13-14(8-11)7-9-2-4-10(5-3-9)12(15)16/h2-6,8H,7H2,1H3,(H,15,16). The van der Waals surface area contributed by atoms with Crippen LogP contribution in [-0.4, -0.2) is 35.5 Å². The van der Waals surface area contributed by atoms with E-state index < -0.39 is 15.8 Å². The average molecular weight is 280 g/mol. The van der Waals surface area contributed by atoms with Crippen LogP contribution in [0.4, 0.5) is 0 Å². The third-order valence-corrected chi connectivity index (χ3v) is 3.65. The van der Waals surface area contributed by atoms with Crippen molar-refractivity contribution >= 4 is 15.8 Å². The smallest absolute Gasteiger partial charge is 0.335 e. The van der Waals surface area contributed by atoms with E-state index in [9.17, 15) is 13.2 Å². The van der Waals surface area contributed by atoms with Gasteiger partial charge >= 0.3 is 5.97 Å². The summed E-state index contributed by atoms with van der Waals surface area (Å²) in [7, 11) is -3.25. The first-order chi connectivity index (χ1) is 8.86. The first-order valence-corrected chi connectivity index (χ1v) is 7.30. The van der Waals surface area contributed by atoms with Crippen LogP contribution in [-0.2, 0) is 16.4 Å². The topological polar surface area (TPSA) is 89.3 Å². The minimum Gasteiger partial charge on any atom is -0.478 e. The number of hydrogen-bond donors (Lipinski definition) is 1. The van der Waals surface area contributed by atoms with Crippen molar-refractivity contribution in [3.05, 3.63) is 47.8 Å². The van der Waals surface area contributed by atoms with Gasteiger partial charge in [-0.1, -0.05) is 12.1 Å². The molecule has 0 aliphatic heterocycles. The maximum atomic E-state index is 11.3. The molecular weight excluding hydrogens is 268 g/mol. The number of hydrogen-bond acceptors (Lipinski definition) is 4. The molecule has 19 heavy (non-hydrogen) atoms. The van der Waals surface area contributed by atoms with Crippen LogP contribution in [0.5, 0.6) is 0 Å². The van der Waals surface area contributed by atoms with Crippen LogP contribution in [0.3, 0.4) is 0 Å². The Labute approximate surface area is 110 Å². The van der Waals surface area contributed by atoms with Crippen LogP contribution in [0.2, 0.25) is 0 Å². The number of sulfone groups is 1. The lowest BCUT2D eigenvalue weighted by molar-refractivity contribution is 0.0697. The Morgan fingerprint density at radius 1 is 1.32 bits per heavy atom. The van der Waals surface area contributed by atoms with Gasteiger partial charge in [-0.15, -0.1) is 0 Å². The molecule has 2 aromatic rings. The van der Waals surface area contributed by atoms with E-state index in [-0.39, 0.29) is 10.5 Å². The zero-order valence-corrected chi connectivity index (χ0v) is 11.0. The number of nitrogens with zero attached hydrogens (tertiary/aromatic N) is 2. The maximum Gasteiger partial charge on any atom is 0.335 e. The highest BCUT2D eigenvalue weighted by Gasteiger charge is 2.10. The van der Waals surface area contributed by atoms with Gasteiger partial charge in [0.1, 0.15) is 4.90 Å². The van der Waals surface area contributed by atoms with Gasteiger partial charge in [0.2, 0.25) is 0 Å². The molecule has 7 heteroatoms. The average Bonchev–Trinajstić information content (AvgIpc) is 2.78. The molecule has 1 aromatic heterocycles. The number of carbonyl (C=O) groups is 1. The summed E-state index contributed by atoms with van der Waals surface area (Å²) in [6.45, 7) is 0.384. The van der Waals surface area contributed by atoms with Crippen molar-refractivity contribution < 1.29 is 18.3 Å². The van der Waals surface area contributed by atoms with Gasteiger partial charge in [-0.3, -0.25) is 4.68 Å². The molecule has 0 atom stereocenters. The zero-order chi connectivity index (χ0) is 14.0. The maximum absolute atomic E-state index is 11.3. The second-order valence-corrected chi connectivity index (χ2v) is 6.16. The number of aromatic carboxylic acids is 1. The Hall–Kier alpha value is -2.15. The molecule has 0 saturated heterocycles. The van der Waals surface area contributed by atoms with Gasteiger partial charge in [-0.2, -0.15) is 5.10 Å². The molecule has 0 aliphatic rings. The van der Waals surface area contributed by atoms with E-state index in [1.54, 1.807) is 12.1 Å². The Morgan fingerprint density at radius 3 is 2.42 bits per heavy atom. The molecule has 0 saturated carbocycles. The Balaban J connectivity index is 2.17. The third-order valence-electron chi connectivity index (χ3n) is 2.58. The molecule has 2 rings (SSSR count). The summed E-state index contributed by atoms with van der Waals surface area (Å²) >= 11 is 0. The SMILES string of the molecule is CS(=O)(=O)c1cnn(Cc2ccc(C(=O)O)cc2)c1. The Kier molecular flexibility index (Phi) is 3.39. The predicted octanol–water partition coefficient (Wildman–Crippen LogP) is 1.03. The van der Waals surface area contributed by atoms with E-state index in [4.69, 9.17) is 5.11 Å². The quantitative estimate of drug-likeness (QED) is 0.903. The summed E-state index contributed by atoms with van der Waals surface area (Å²) in [6, 6.07) is 6.34. The predicted molar refractivity (Wildman–Crippen MR) is 67.8 cm³/mol. The van der Waals surface area contributed by atoms with Gasteiger partial charge in [-0.25, -0.2) is 13.2 Å². The second kappa shape index (κ2) is 4.85. The van der Waals surface area contributed by atoms with Gasteiger partial charge in [-0.05, 0) is 17.7 Å². The van der Waals surface area contributed by atoms with Crippen LogP contribution in [0.15, 0.2) is 41.6 Å². The fraction of sp³-hybridized carbons (Fsp3) is 0.167. The van der Waals surface area contributed by atoms with Crippen LogP contribution < -0.4 is 0 Å². The minimum absolute atomic E-state index is 0.162. The number of carboxylic acid groups (broad SMARTS) is 1. The van der Waals surface area contributed by atoms with E-state index in [1.807, 2.05) is 0 Å². The normalized spacial score (nSPS) is 11.4. The summed E-state index contributed by atoms with van der Waals surface area (Å²) in [5.74, 6) is -0.981. The molecule has 0 unspecified atom stereocenters. The fourth-order valence-electron chi connectivity index (χ4n) is 1.56. The molecule has 0 amide bonds. The van der Waals surface area contributed by atoms with Gasteiger partial charge in [0, 0.05) is 12.5 Å². The van der Waals surface area contributed by atoms with E-state index in [2.05, 4.69) is 5.10 Å². The summed E-state index contributed by atoms with van der Waals surface area (Å²) in [5, 5.41) is 12.7. The molecule has 100 valence electrons. The Bertz CT molecular complexity index is 702. The number of carboxylic acids is 1. The van der Waals surface area contributed by atoms with Gasteiger partial charge in [0.25, 0.3) is 0 Å². The van der Waals surface area contributed by atoms with Crippen molar-refractivity contribution in [1.29, 1.82) is 0 Å². The zero-order valence-electron chi connectivity index (χ0n) is 10.1. The molecule has 0 fully saturated rings. The molecule has 6 nitrogen and oxygen atoms in total. The van der Waals surface area contributed by atoms with Crippen molar-refractivity contribution in [2.75, 3.05) is 6.26 Å². The summed E-state index contributed by atoms with van der Waals surface area (Å²) < 4.78 is 24.1. The van der Waals surface area contributed by atoms with Crippen molar-refractivity contribution in [3.63, 3.8) is 0 Å². The van der Waals surface area contributed by atoms with E-state index >= 15 is 0 Å². The molecule has 0 bridgehead atoms. The summed E-state index contributed by atoms with van der Waals surface area (Å²) in [6.07, 6.45) is 3.86. The monoisotopic (exact) mass is 280 g/mol. The molecule has 1 N–H and O–H groups in total. The Morgan fingerprint density at radius 2 is 1.95 bits per heavy atom. The van der Waals surface area contributed by atoms with Crippen LogP contribution >= 0.6 is 0 Å². The minimum atomic E-state index is -3.25. The van der Waals surface area contributed by atoms with Crippen LogP contribution in [0, 0.1) is 0 Å². The summed E-state index contributed by atoms with van der Waals surface area (Å²) in [4.78, 5) is 10.9. The molecule has 0 radical (unpaired) electrons. The second-order valence-electron chi connectivity index (χ2n) is 4.15. The molecule has 1 aromatic carbocycles. The van der Waals surface area contributed by atoms with Gasteiger partial charge in [0.05, 0.1) is 18.3 Å². The highest BCUT2D eigenvalue weighted by Crippen LogP contribution is 2.10. The van der Waals surface area contributed by atoms with Gasteiger partial charge < -0.3 is 5.11 Å². The van der Waals surface area contributed by atoms with Crippen molar-refractivity contribution in [3.8, 4) is 0 Å². The van der Waals surface area contributed by atoms with Crippen molar-refractivity contribution in [1.82, 2.24) is 9.78 Å². The van der Waals surface area contributed by atoms with E-state index in [1.165, 1.54) is 29.2 Å². The van der Waals surface area contributed by atoms with Crippen molar-refractivity contribution in [2.24, 2.45) is 0 Å². The van der Waals surface area contributed by atoms with E-state index in [0.717, 1.165) is 11.8 Å². The number of aromatic nitrogens is 2. The molecule has 0 spiro atoms. The van der Waals surface area contributed by atoms with Crippen LogP contribution in [0.1, 0.15) is 15.9 Å². The fourth-order valence-corrected chi connectivity index (χ4v) is 2.11. The lowest BCUT2D eigenvalue weighted by Crippen LogP contribution is -2.02. The van der Waals surface area contributed by atoms with Crippen molar-refractivity contribution in [2.45, 2.75) is 11.4 Å². The largest absolute Gasteiger partial charge is 0.478 e. The number of benzene rings is 1. The van der Waals surface area contributed by atoms with Gasteiger partial charge in [0.15, 0.2) is 9.84 Å². The lowest BCUT2D eigenvalue weighted by atomic mass is 10.1. The van der Waals surface area contributed by atoms with E-state index in [0.29, 0.717) is 6.54 Å². The van der Waals surface area contributed by atoms with Crippen LogP contribution in [0.25, 0.3) is 0 Å². The third kappa shape index (κ3) is 3.19. The molecule has 0 aliphatic carbocycles.